The third-order valence-electron chi connectivity index (χ3n) is 4.73. The maximum atomic E-state index is 11.5. The normalized spacial score (nSPS) is 11.9. The number of rotatable bonds is 7. The minimum atomic E-state index is -3.17. The molecule has 0 bridgehead atoms. The maximum absolute atomic E-state index is 11.5. The lowest BCUT2D eigenvalue weighted by Crippen LogP contribution is -2.37. The first-order valence-electron chi connectivity index (χ1n) is 9.54. The van der Waals surface area contributed by atoms with Gasteiger partial charge in [0.05, 0.1) is 15.9 Å². The number of halogens is 1. The number of guanidine groups is 1. The first-order valence-corrected chi connectivity index (χ1v) is 11.4. The molecule has 3 aromatic rings. The fraction of sp³-hybridized carbons (Fsp3) is 0.333. The Hall–Kier alpha value is -2.14. The van der Waals surface area contributed by atoms with Gasteiger partial charge in [0.15, 0.2) is 15.8 Å². The van der Waals surface area contributed by atoms with Gasteiger partial charge < -0.3 is 15.2 Å². The number of fused-ring (bicyclic) bond motifs is 1. The predicted octanol–water partition coefficient (Wildman–Crippen LogP) is 3.12. The highest BCUT2D eigenvalue weighted by molar-refractivity contribution is 14.0. The number of aryl methyl sites for hydroxylation is 2. The van der Waals surface area contributed by atoms with E-state index in [1.807, 2.05) is 37.3 Å². The number of aromatic nitrogens is 2. The molecule has 0 amide bonds. The monoisotopic (exact) mass is 541 g/mol. The average molecular weight is 541 g/mol. The van der Waals surface area contributed by atoms with Crippen LogP contribution in [0.2, 0.25) is 0 Å². The Morgan fingerprint density at radius 3 is 2.47 bits per heavy atom. The van der Waals surface area contributed by atoms with Gasteiger partial charge in [0.2, 0.25) is 0 Å². The van der Waals surface area contributed by atoms with Crippen molar-refractivity contribution in [2.45, 2.75) is 31.3 Å². The molecule has 0 saturated heterocycles. The molecular formula is C21H28IN5O2S. The molecule has 0 aliphatic carbocycles. The number of benzene rings is 2. The summed E-state index contributed by atoms with van der Waals surface area (Å²) in [5, 5.41) is 6.56. The molecule has 0 saturated carbocycles. The van der Waals surface area contributed by atoms with Crippen LogP contribution in [0, 0.1) is 6.92 Å². The summed E-state index contributed by atoms with van der Waals surface area (Å²) in [7, 11) is -1.44. The molecule has 3 rings (SSSR count). The lowest BCUT2D eigenvalue weighted by molar-refractivity contribution is 0.602. The number of nitrogens with zero attached hydrogens (tertiary/aromatic N) is 3. The first kappa shape index (κ1) is 24.1. The summed E-state index contributed by atoms with van der Waals surface area (Å²) in [5.41, 5.74) is 3.17. The van der Waals surface area contributed by atoms with Crippen molar-refractivity contribution < 1.29 is 8.42 Å². The van der Waals surface area contributed by atoms with Gasteiger partial charge in [-0.2, -0.15) is 0 Å². The topological polar surface area (TPSA) is 88.4 Å². The molecule has 0 unspecified atom stereocenters. The molecule has 2 N–H and O–H groups in total. The Balaban J connectivity index is 0.00000320. The van der Waals surface area contributed by atoms with Crippen LogP contribution < -0.4 is 10.6 Å². The largest absolute Gasteiger partial charge is 0.356 e. The fourth-order valence-corrected chi connectivity index (χ4v) is 3.81. The van der Waals surface area contributed by atoms with E-state index in [1.54, 1.807) is 19.2 Å². The van der Waals surface area contributed by atoms with Crippen LogP contribution in [0.4, 0.5) is 0 Å². The summed E-state index contributed by atoms with van der Waals surface area (Å²) < 4.78 is 25.3. The molecule has 30 heavy (non-hydrogen) atoms. The molecule has 7 nitrogen and oxygen atoms in total. The van der Waals surface area contributed by atoms with E-state index >= 15 is 0 Å². The van der Waals surface area contributed by atoms with Crippen molar-refractivity contribution in [1.29, 1.82) is 0 Å². The zero-order valence-corrected chi connectivity index (χ0v) is 20.6. The van der Waals surface area contributed by atoms with Crippen LogP contribution in [-0.4, -0.2) is 43.8 Å². The Morgan fingerprint density at radius 1 is 1.10 bits per heavy atom. The van der Waals surface area contributed by atoms with Crippen LogP contribution in [0.3, 0.4) is 0 Å². The SMILES string of the molecule is CN=C(NCCCn1c(C)nc2ccccc21)NCc1ccc(S(C)(=O)=O)cc1.I. The Kier molecular flexibility index (Phi) is 8.65. The molecular weight excluding hydrogens is 513 g/mol. The van der Waals surface area contributed by atoms with Gasteiger partial charge in [-0.25, -0.2) is 13.4 Å². The second-order valence-electron chi connectivity index (χ2n) is 6.92. The van der Waals surface area contributed by atoms with Gasteiger partial charge in [0.25, 0.3) is 0 Å². The van der Waals surface area contributed by atoms with Crippen molar-refractivity contribution in [2.24, 2.45) is 4.99 Å². The zero-order valence-electron chi connectivity index (χ0n) is 17.4. The van der Waals surface area contributed by atoms with Crippen LogP contribution in [-0.2, 0) is 22.9 Å². The second-order valence-corrected chi connectivity index (χ2v) is 8.94. The molecule has 0 atom stereocenters. The molecule has 0 fully saturated rings. The van der Waals surface area contributed by atoms with Crippen LogP contribution in [0.25, 0.3) is 11.0 Å². The van der Waals surface area contributed by atoms with Gasteiger partial charge in [-0.1, -0.05) is 24.3 Å². The van der Waals surface area contributed by atoms with E-state index in [0.29, 0.717) is 17.4 Å². The first-order chi connectivity index (χ1) is 13.9. The van der Waals surface area contributed by atoms with Gasteiger partial charge in [-0.05, 0) is 43.2 Å². The van der Waals surface area contributed by atoms with Crippen LogP contribution in [0.15, 0.2) is 58.4 Å². The summed E-state index contributed by atoms with van der Waals surface area (Å²) in [6.45, 7) is 4.25. The molecule has 9 heteroatoms. The van der Waals surface area contributed by atoms with Gasteiger partial charge in [0, 0.05) is 32.9 Å². The molecule has 0 radical (unpaired) electrons. The number of aliphatic imine (C=N–C) groups is 1. The lowest BCUT2D eigenvalue weighted by Gasteiger charge is -2.13. The fourth-order valence-electron chi connectivity index (χ4n) is 3.18. The van der Waals surface area contributed by atoms with E-state index in [9.17, 15) is 8.42 Å². The second kappa shape index (κ2) is 10.8. The standard InChI is InChI=1S/C21H27N5O2S.HI/c1-16-25-19-7-4-5-8-20(19)26(16)14-6-13-23-21(22-2)24-15-17-9-11-18(12-10-17)29(3,27)28;/h4-5,7-12H,6,13-15H2,1-3H3,(H2,22,23,24);1H. The van der Waals surface area contributed by atoms with Crippen LogP contribution in [0.1, 0.15) is 17.8 Å². The number of para-hydroxylation sites is 2. The van der Waals surface area contributed by atoms with E-state index in [4.69, 9.17) is 0 Å². The van der Waals surface area contributed by atoms with Gasteiger partial charge in [-0.3, -0.25) is 4.99 Å². The van der Waals surface area contributed by atoms with Crippen molar-refractivity contribution in [1.82, 2.24) is 20.2 Å². The lowest BCUT2D eigenvalue weighted by atomic mass is 10.2. The third-order valence-corrected chi connectivity index (χ3v) is 5.86. The van der Waals surface area contributed by atoms with Gasteiger partial charge in [-0.15, -0.1) is 24.0 Å². The highest BCUT2D eigenvalue weighted by Gasteiger charge is 2.07. The zero-order chi connectivity index (χ0) is 20.9. The average Bonchev–Trinajstić information content (AvgIpc) is 3.02. The maximum Gasteiger partial charge on any atom is 0.191 e. The third kappa shape index (κ3) is 6.18. The molecule has 0 spiro atoms. The molecule has 1 aromatic heterocycles. The molecule has 0 aliphatic heterocycles. The summed E-state index contributed by atoms with van der Waals surface area (Å²) in [6, 6.07) is 15.0. The van der Waals surface area contributed by atoms with Crippen molar-refractivity contribution >= 4 is 50.8 Å². The smallest absolute Gasteiger partial charge is 0.191 e. The summed E-state index contributed by atoms with van der Waals surface area (Å²) >= 11 is 0. The molecule has 162 valence electrons. The van der Waals surface area contributed by atoms with Gasteiger partial charge in [0.1, 0.15) is 5.82 Å². The van der Waals surface area contributed by atoms with E-state index in [2.05, 4.69) is 31.2 Å². The number of imidazole rings is 1. The van der Waals surface area contributed by atoms with Gasteiger partial charge >= 0.3 is 0 Å². The Bertz CT molecular complexity index is 1110. The number of sulfone groups is 1. The van der Waals surface area contributed by atoms with E-state index in [1.165, 1.54) is 6.26 Å². The van der Waals surface area contributed by atoms with E-state index in [0.717, 1.165) is 41.9 Å². The van der Waals surface area contributed by atoms with Crippen molar-refractivity contribution in [3.8, 4) is 0 Å². The highest BCUT2D eigenvalue weighted by Crippen LogP contribution is 2.15. The summed E-state index contributed by atoms with van der Waals surface area (Å²) in [6.07, 6.45) is 2.14. The van der Waals surface area contributed by atoms with E-state index < -0.39 is 9.84 Å². The molecule has 1 heterocycles. The minimum Gasteiger partial charge on any atom is -0.356 e. The van der Waals surface area contributed by atoms with Crippen LogP contribution >= 0.6 is 24.0 Å². The summed E-state index contributed by atoms with van der Waals surface area (Å²) in [5.74, 6) is 1.73. The Labute approximate surface area is 194 Å². The van der Waals surface area contributed by atoms with Crippen molar-refractivity contribution in [2.75, 3.05) is 19.8 Å². The minimum absolute atomic E-state index is 0. The van der Waals surface area contributed by atoms with Crippen molar-refractivity contribution in [3.05, 3.63) is 59.9 Å². The molecule has 0 aliphatic rings. The number of hydrogen-bond acceptors (Lipinski definition) is 4. The molecule has 2 aromatic carbocycles. The quantitative estimate of drug-likeness (QED) is 0.208. The number of nitrogens with one attached hydrogen (secondary N) is 2. The van der Waals surface area contributed by atoms with Crippen LogP contribution in [0.5, 0.6) is 0 Å². The van der Waals surface area contributed by atoms with Crippen molar-refractivity contribution in [3.63, 3.8) is 0 Å². The number of hydrogen-bond donors (Lipinski definition) is 2. The summed E-state index contributed by atoms with van der Waals surface area (Å²) in [4.78, 5) is 9.16. The predicted molar refractivity (Wildman–Crippen MR) is 132 cm³/mol. The van der Waals surface area contributed by atoms with E-state index in [-0.39, 0.29) is 24.0 Å². The highest BCUT2D eigenvalue weighted by atomic mass is 127. The Morgan fingerprint density at radius 2 is 1.80 bits per heavy atom.